The van der Waals surface area contributed by atoms with Crippen molar-refractivity contribution in [1.82, 2.24) is 9.88 Å². The van der Waals surface area contributed by atoms with Crippen LogP contribution in [-0.4, -0.2) is 48.6 Å². The highest BCUT2D eigenvalue weighted by Crippen LogP contribution is 2.26. The molecular formula is C16H21N3O2S. The molecule has 0 bridgehead atoms. The number of nitrogens with one attached hydrogen (secondary N) is 1. The number of hydrogen-bond donors (Lipinski definition) is 1. The van der Waals surface area contributed by atoms with Gasteiger partial charge in [0, 0.05) is 19.5 Å². The number of nitrogens with zero attached hydrogens (tertiary/aromatic N) is 2. The van der Waals surface area contributed by atoms with Crippen molar-refractivity contribution in [3.8, 4) is 0 Å². The SMILES string of the molecule is Cc1ccc2nc(NC(=O)CCCN3CCOCC3)sc2c1. The number of carbonyl (C=O) groups is 1. The van der Waals surface area contributed by atoms with Gasteiger partial charge in [-0.2, -0.15) is 0 Å². The summed E-state index contributed by atoms with van der Waals surface area (Å²) in [6, 6.07) is 6.13. The van der Waals surface area contributed by atoms with E-state index < -0.39 is 0 Å². The molecule has 22 heavy (non-hydrogen) atoms. The molecule has 0 saturated carbocycles. The molecule has 1 N–H and O–H groups in total. The van der Waals surface area contributed by atoms with Crippen molar-refractivity contribution in [1.29, 1.82) is 0 Å². The molecule has 1 aliphatic rings. The topological polar surface area (TPSA) is 54.5 Å². The summed E-state index contributed by atoms with van der Waals surface area (Å²) in [5.41, 5.74) is 2.15. The maximum Gasteiger partial charge on any atom is 0.226 e. The number of benzene rings is 1. The average molecular weight is 319 g/mol. The van der Waals surface area contributed by atoms with Gasteiger partial charge in [-0.25, -0.2) is 4.98 Å². The van der Waals surface area contributed by atoms with Gasteiger partial charge in [0.25, 0.3) is 0 Å². The third kappa shape index (κ3) is 4.03. The van der Waals surface area contributed by atoms with Crippen molar-refractivity contribution in [3.63, 3.8) is 0 Å². The highest BCUT2D eigenvalue weighted by Gasteiger charge is 2.12. The van der Waals surface area contributed by atoms with Crippen LogP contribution in [0.3, 0.4) is 0 Å². The van der Waals surface area contributed by atoms with E-state index in [-0.39, 0.29) is 5.91 Å². The van der Waals surface area contributed by atoms with Crippen molar-refractivity contribution in [2.45, 2.75) is 19.8 Å². The summed E-state index contributed by atoms with van der Waals surface area (Å²) in [5, 5.41) is 3.61. The normalized spacial score (nSPS) is 16.0. The number of aromatic nitrogens is 1. The number of thiazole rings is 1. The van der Waals surface area contributed by atoms with Gasteiger partial charge in [-0.15, -0.1) is 0 Å². The first kappa shape index (κ1) is 15.4. The molecule has 0 radical (unpaired) electrons. The molecule has 1 aliphatic heterocycles. The number of rotatable bonds is 5. The predicted octanol–water partition coefficient (Wildman–Crippen LogP) is 2.66. The Labute approximate surface area is 134 Å². The predicted molar refractivity (Wildman–Crippen MR) is 89.5 cm³/mol. The third-order valence-corrected chi connectivity index (χ3v) is 4.71. The van der Waals surface area contributed by atoms with Crippen LogP contribution in [0.2, 0.25) is 0 Å². The Balaban J connectivity index is 1.47. The van der Waals surface area contributed by atoms with E-state index in [0.29, 0.717) is 11.6 Å². The van der Waals surface area contributed by atoms with Gasteiger partial charge >= 0.3 is 0 Å². The highest BCUT2D eigenvalue weighted by molar-refractivity contribution is 7.22. The van der Waals surface area contributed by atoms with Crippen molar-refractivity contribution >= 4 is 32.6 Å². The van der Waals surface area contributed by atoms with Gasteiger partial charge in [-0.1, -0.05) is 17.4 Å². The number of aryl methyl sites for hydroxylation is 1. The van der Waals surface area contributed by atoms with Gasteiger partial charge in [0.05, 0.1) is 23.4 Å². The van der Waals surface area contributed by atoms with Crippen LogP contribution in [0.5, 0.6) is 0 Å². The molecule has 1 amide bonds. The second kappa shape index (κ2) is 7.17. The Morgan fingerprint density at radius 3 is 3.05 bits per heavy atom. The molecule has 2 heterocycles. The number of hydrogen-bond acceptors (Lipinski definition) is 5. The summed E-state index contributed by atoms with van der Waals surface area (Å²) in [6.07, 6.45) is 1.40. The van der Waals surface area contributed by atoms with Crippen LogP contribution in [0.4, 0.5) is 5.13 Å². The van der Waals surface area contributed by atoms with Crippen LogP contribution in [0, 0.1) is 6.92 Å². The lowest BCUT2D eigenvalue weighted by Crippen LogP contribution is -2.37. The number of fused-ring (bicyclic) bond motifs is 1. The quantitative estimate of drug-likeness (QED) is 0.920. The first-order valence-corrected chi connectivity index (χ1v) is 8.49. The number of amides is 1. The minimum absolute atomic E-state index is 0.0454. The van der Waals surface area contributed by atoms with Crippen LogP contribution >= 0.6 is 11.3 Å². The first-order valence-electron chi connectivity index (χ1n) is 7.68. The molecule has 1 aromatic heterocycles. The Bertz CT molecular complexity index is 650. The molecule has 2 aromatic rings. The summed E-state index contributed by atoms with van der Waals surface area (Å²) >= 11 is 1.53. The van der Waals surface area contributed by atoms with E-state index in [0.717, 1.165) is 49.5 Å². The fourth-order valence-electron chi connectivity index (χ4n) is 2.56. The van der Waals surface area contributed by atoms with Crippen LogP contribution in [0.25, 0.3) is 10.2 Å². The van der Waals surface area contributed by atoms with E-state index in [9.17, 15) is 4.79 Å². The number of carbonyl (C=O) groups excluding carboxylic acids is 1. The summed E-state index contributed by atoms with van der Waals surface area (Å²) in [4.78, 5) is 18.8. The minimum Gasteiger partial charge on any atom is -0.379 e. The molecule has 0 unspecified atom stereocenters. The van der Waals surface area contributed by atoms with Crippen LogP contribution in [0.1, 0.15) is 18.4 Å². The Hall–Kier alpha value is -1.50. The van der Waals surface area contributed by atoms with E-state index in [2.05, 4.69) is 28.2 Å². The van der Waals surface area contributed by atoms with Crippen molar-refractivity contribution in [2.75, 3.05) is 38.2 Å². The second-order valence-electron chi connectivity index (χ2n) is 5.60. The lowest BCUT2D eigenvalue weighted by atomic mass is 10.2. The van der Waals surface area contributed by atoms with E-state index in [1.165, 1.54) is 16.9 Å². The third-order valence-electron chi connectivity index (χ3n) is 3.77. The van der Waals surface area contributed by atoms with Crippen molar-refractivity contribution < 1.29 is 9.53 Å². The molecular weight excluding hydrogens is 298 g/mol. The zero-order chi connectivity index (χ0) is 15.4. The van der Waals surface area contributed by atoms with Crippen LogP contribution < -0.4 is 5.32 Å². The van der Waals surface area contributed by atoms with Crippen molar-refractivity contribution in [3.05, 3.63) is 23.8 Å². The largest absolute Gasteiger partial charge is 0.379 e. The molecule has 118 valence electrons. The monoisotopic (exact) mass is 319 g/mol. The summed E-state index contributed by atoms with van der Waals surface area (Å²) in [5.74, 6) is 0.0454. The van der Waals surface area contributed by atoms with Crippen LogP contribution in [0.15, 0.2) is 18.2 Å². The Kier molecular flexibility index (Phi) is 5.02. The number of morpholine rings is 1. The van der Waals surface area contributed by atoms with Gasteiger partial charge in [0.2, 0.25) is 5.91 Å². The molecule has 6 heteroatoms. The summed E-state index contributed by atoms with van der Waals surface area (Å²) < 4.78 is 6.43. The molecule has 0 aliphatic carbocycles. The second-order valence-corrected chi connectivity index (χ2v) is 6.63. The van der Waals surface area contributed by atoms with Gasteiger partial charge in [-0.05, 0) is 37.6 Å². The lowest BCUT2D eigenvalue weighted by Gasteiger charge is -2.26. The fourth-order valence-corrected chi connectivity index (χ4v) is 3.54. The number of anilines is 1. The van der Waals surface area contributed by atoms with Crippen molar-refractivity contribution in [2.24, 2.45) is 0 Å². The summed E-state index contributed by atoms with van der Waals surface area (Å²) in [6.45, 7) is 6.56. The molecule has 1 fully saturated rings. The molecule has 5 nitrogen and oxygen atoms in total. The van der Waals surface area contributed by atoms with E-state index in [1.807, 2.05) is 12.1 Å². The maximum absolute atomic E-state index is 12.0. The maximum atomic E-state index is 12.0. The first-order chi connectivity index (χ1) is 10.7. The summed E-state index contributed by atoms with van der Waals surface area (Å²) in [7, 11) is 0. The molecule has 1 aromatic carbocycles. The standard InChI is InChI=1S/C16H21N3O2S/c1-12-4-5-13-14(11-12)22-16(17-13)18-15(20)3-2-6-19-7-9-21-10-8-19/h4-5,11H,2-3,6-10H2,1H3,(H,17,18,20). The molecule has 0 spiro atoms. The highest BCUT2D eigenvalue weighted by atomic mass is 32.1. The van der Waals surface area contributed by atoms with Gasteiger partial charge in [0.1, 0.15) is 0 Å². The zero-order valence-corrected chi connectivity index (χ0v) is 13.6. The van der Waals surface area contributed by atoms with Crippen LogP contribution in [-0.2, 0) is 9.53 Å². The number of ether oxygens (including phenoxy) is 1. The smallest absolute Gasteiger partial charge is 0.226 e. The Morgan fingerprint density at radius 1 is 1.41 bits per heavy atom. The van der Waals surface area contributed by atoms with Gasteiger partial charge in [0.15, 0.2) is 5.13 Å². The van der Waals surface area contributed by atoms with E-state index in [1.54, 1.807) is 0 Å². The van der Waals surface area contributed by atoms with Gasteiger partial charge in [-0.3, -0.25) is 9.69 Å². The minimum atomic E-state index is 0.0454. The van der Waals surface area contributed by atoms with E-state index >= 15 is 0 Å². The molecule has 3 rings (SSSR count). The molecule has 1 saturated heterocycles. The van der Waals surface area contributed by atoms with Gasteiger partial charge < -0.3 is 10.1 Å². The average Bonchev–Trinajstić information content (AvgIpc) is 2.89. The fraction of sp³-hybridized carbons (Fsp3) is 0.500. The molecule has 0 atom stereocenters. The van der Waals surface area contributed by atoms with E-state index in [4.69, 9.17) is 4.74 Å². The lowest BCUT2D eigenvalue weighted by molar-refractivity contribution is -0.116. The Morgan fingerprint density at radius 2 is 2.23 bits per heavy atom. The zero-order valence-electron chi connectivity index (χ0n) is 12.8.